The minimum absolute atomic E-state index is 0.127. The Bertz CT molecular complexity index is 186. The third-order valence-electron chi connectivity index (χ3n) is 2.93. The summed E-state index contributed by atoms with van der Waals surface area (Å²) in [5.74, 6) is 0. The molecule has 1 aliphatic rings. The summed E-state index contributed by atoms with van der Waals surface area (Å²) in [5, 5.41) is 0. The van der Waals surface area contributed by atoms with Crippen molar-refractivity contribution in [1.29, 1.82) is 0 Å². The third kappa shape index (κ3) is 2.61. The highest BCUT2D eigenvalue weighted by Crippen LogP contribution is 2.11. The molecule has 4 nitrogen and oxygen atoms in total. The largest absolute Gasteiger partial charge is 0.328 e. The standard InChI is InChI=1S/C10H21N3O/c1-9(8-11)12(2)10(14)13-6-4-3-5-7-13/h9H,3-8,11H2,1-2H3. The van der Waals surface area contributed by atoms with E-state index in [0.29, 0.717) is 6.54 Å². The van der Waals surface area contributed by atoms with Gasteiger partial charge in [0.05, 0.1) is 0 Å². The van der Waals surface area contributed by atoms with Crippen molar-refractivity contribution < 1.29 is 4.79 Å². The predicted octanol–water partition coefficient (Wildman–Crippen LogP) is 0.871. The summed E-state index contributed by atoms with van der Waals surface area (Å²) in [7, 11) is 1.83. The van der Waals surface area contributed by atoms with Crippen molar-refractivity contribution in [3.05, 3.63) is 0 Å². The van der Waals surface area contributed by atoms with Gasteiger partial charge in [-0.1, -0.05) is 0 Å². The molecule has 1 rings (SSSR count). The molecule has 1 aliphatic heterocycles. The summed E-state index contributed by atoms with van der Waals surface area (Å²) in [4.78, 5) is 15.6. The lowest BCUT2D eigenvalue weighted by Crippen LogP contribution is -2.48. The second kappa shape index (κ2) is 5.20. The molecule has 1 unspecified atom stereocenters. The van der Waals surface area contributed by atoms with Crippen molar-refractivity contribution in [1.82, 2.24) is 9.80 Å². The van der Waals surface area contributed by atoms with Gasteiger partial charge in [0, 0.05) is 32.7 Å². The molecular weight excluding hydrogens is 178 g/mol. The van der Waals surface area contributed by atoms with Gasteiger partial charge in [0.2, 0.25) is 0 Å². The number of likely N-dealkylation sites (tertiary alicyclic amines) is 1. The van der Waals surface area contributed by atoms with E-state index in [1.165, 1.54) is 6.42 Å². The lowest BCUT2D eigenvalue weighted by molar-refractivity contribution is 0.141. The van der Waals surface area contributed by atoms with Crippen molar-refractivity contribution in [2.75, 3.05) is 26.7 Å². The Morgan fingerprint density at radius 1 is 1.43 bits per heavy atom. The molecule has 0 aliphatic carbocycles. The van der Waals surface area contributed by atoms with Crippen LogP contribution < -0.4 is 5.73 Å². The number of likely N-dealkylation sites (N-methyl/N-ethyl adjacent to an activating group) is 1. The Morgan fingerprint density at radius 2 is 2.00 bits per heavy atom. The highest BCUT2D eigenvalue weighted by molar-refractivity contribution is 5.74. The summed E-state index contributed by atoms with van der Waals surface area (Å²) >= 11 is 0. The van der Waals surface area contributed by atoms with Crippen LogP contribution in [0, 0.1) is 0 Å². The molecule has 0 radical (unpaired) electrons. The number of rotatable bonds is 2. The van der Waals surface area contributed by atoms with Gasteiger partial charge in [0.25, 0.3) is 0 Å². The molecule has 0 aromatic carbocycles. The van der Waals surface area contributed by atoms with Gasteiger partial charge in [-0.25, -0.2) is 4.79 Å². The molecule has 0 aromatic heterocycles. The number of nitrogens with two attached hydrogens (primary N) is 1. The van der Waals surface area contributed by atoms with E-state index >= 15 is 0 Å². The van der Waals surface area contributed by atoms with Crippen molar-refractivity contribution >= 4 is 6.03 Å². The number of hydrogen-bond acceptors (Lipinski definition) is 2. The topological polar surface area (TPSA) is 49.6 Å². The molecule has 1 saturated heterocycles. The zero-order chi connectivity index (χ0) is 10.6. The van der Waals surface area contributed by atoms with Crippen LogP contribution in [0.1, 0.15) is 26.2 Å². The monoisotopic (exact) mass is 199 g/mol. The molecule has 0 spiro atoms. The van der Waals surface area contributed by atoms with Gasteiger partial charge in [0.1, 0.15) is 0 Å². The second-order valence-electron chi connectivity index (χ2n) is 4.03. The second-order valence-corrected chi connectivity index (χ2v) is 4.03. The first-order chi connectivity index (χ1) is 6.66. The van der Waals surface area contributed by atoms with E-state index in [4.69, 9.17) is 5.73 Å². The SMILES string of the molecule is CC(CN)N(C)C(=O)N1CCCCC1. The lowest BCUT2D eigenvalue weighted by Gasteiger charge is -2.33. The fourth-order valence-electron chi connectivity index (χ4n) is 1.65. The smallest absolute Gasteiger partial charge is 0.320 e. The molecule has 1 fully saturated rings. The summed E-state index contributed by atoms with van der Waals surface area (Å²) in [6.07, 6.45) is 3.52. The Hall–Kier alpha value is -0.770. The van der Waals surface area contributed by atoms with Gasteiger partial charge >= 0.3 is 6.03 Å². The summed E-state index contributed by atoms with van der Waals surface area (Å²) < 4.78 is 0. The van der Waals surface area contributed by atoms with Crippen molar-refractivity contribution in [2.45, 2.75) is 32.2 Å². The van der Waals surface area contributed by atoms with Crippen LogP contribution in [-0.4, -0.2) is 48.6 Å². The van der Waals surface area contributed by atoms with Gasteiger partial charge < -0.3 is 15.5 Å². The Kier molecular flexibility index (Phi) is 4.20. The molecule has 1 heterocycles. The van der Waals surface area contributed by atoms with Crippen LogP contribution in [0.15, 0.2) is 0 Å². The molecule has 2 amide bonds. The zero-order valence-corrected chi connectivity index (χ0v) is 9.20. The van der Waals surface area contributed by atoms with Crippen LogP contribution in [0.5, 0.6) is 0 Å². The normalized spacial score (nSPS) is 19.2. The van der Waals surface area contributed by atoms with Crippen LogP contribution in [-0.2, 0) is 0 Å². The van der Waals surface area contributed by atoms with E-state index in [1.807, 2.05) is 18.9 Å². The van der Waals surface area contributed by atoms with E-state index < -0.39 is 0 Å². The third-order valence-corrected chi connectivity index (χ3v) is 2.93. The molecule has 82 valence electrons. The predicted molar refractivity (Wildman–Crippen MR) is 57.1 cm³/mol. The quantitative estimate of drug-likeness (QED) is 0.717. The molecule has 0 bridgehead atoms. The number of carbonyl (C=O) groups is 1. The highest BCUT2D eigenvalue weighted by Gasteiger charge is 2.22. The van der Waals surface area contributed by atoms with Crippen molar-refractivity contribution in [2.24, 2.45) is 5.73 Å². The first-order valence-electron chi connectivity index (χ1n) is 5.38. The number of nitrogens with zero attached hydrogens (tertiary/aromatic N) is 2. The van der Waals surface area contributed by atoms with E-state index in [0.717, 1.165) is 25.9 Å². The highest BCUT2D eigenvalue weighted by atomic mass is 16.2. The maximum Gasteiger partial charge on any atom is 0.320 e. The number of urea groups is 1. The Labute approximate surface area is 86.0 Å². The van der Waals surface area contributed by atoms with Gasteiger partial charge in [-0.2, -0.15) is 0 Å². The minimum Gasteiger partial charge on any atom is -0.328 e. The van der Waals surface area contributed by atoms with E-state index in [1.54, 1.807) is 4.90 Å². The van der Waals surface area contributed by atoms with Gasteiger partial charge in [-0.3, -0.25) is 0 Å². The molecule has 4 heteroatoms. The van der Waals surface area contributed by atoms with Gasteiger partial charge in [-0.15, -0.1) is 0 Å². The average molecular weight is 199 g/mol. The zero-order valence-electron chi connectivity index (χ0n) is 9.20. The number of hydrogen-bond donors (Lipinski definition) is 1. The first-order valence-corrected chi connectivity index (χ1v) is 5.38. The Balaban J connectivity index is 2.46. The van der Waals surface area contributed by atoms with Crippen molar-refractivity contribution in [3.63, 3.8) is 0 Å². The van der Waals surface area contributed by atoms with Crippen LogP contribution >= 0.6 is 0 Å². The molecule has 2 N–H and O–H groups in total. The maximum atomic E-state index is 11.9. The van der Waals surface area contributed by atoms with Gasteiger partial charge in [-0.05, 0) is 26.2 Å². The van der Waals surface area contributed by atoms with E-state index in [9.17, 15) is 4.79 Å². The molecule has 0 saturated carbocycles. The fourth-order valence-corrected chi connectivity index (χ4v) is 1.65. The van der Waals surface area contributed by atoms with Gasteiger partial charge in [0.15, 0.2) is 0 Å². The molecule has 14 heavy (non-hydrogen) atoms. The van der Waals surface area contributed by atoms with E-state index in [2.05, 4.69) is 0 Å². The van der Waals surface area contributed by atoms with Crippen LogP contribution in [0.3, 0.4) is 0 Å². The minimum atomic E-state index is 0.127. The fraction of sp³-hybridized carbons (Fsp3) is 0.900. The van der Waals surface area contributed by atoms with Crippen LogP contribution in [0.4, 0.5) is 4.79 Å². The number of amides is 2. The first kappa shape index (κ1) is 11.3. The lowest BCUT2D eigenvalue weighted by atomic mass is 10.1. The molecule has 1 atom stereocenters. The average Bonchev–Trinajstić information content (AvgIpc) is 2.27. The van der Waals surface area contributed by atoms with E-state index in [-0.39, 0.29) is 12.1 Å². The van der Waals surface area contributed by atoms with Crippen molar-refractivity contribution in [3.8, 4) is 0 Å². The molecular formula is C10H21N3O. The number of carbonyl (C=O) groups excluding carboxylic acids is 1. The number of piperidine rings is 1. The Morgan fingerprint density at radius 3 is 2.50 bits per heavy atom. The molecule has 0 aromatic rings. The summed E-state index contributed by atoms with van der Waals surface area (Å²) in [6.45, 7) is 4.30. The van der Waals surface area contributed by atoms with Crippen LogP contribution in [0.2, 0.25) is 0 Å². The van der Waals surface area contributed by atoms with Crippen LogP contribution in [0.25, 0.3) is 0 Å². The summed E-state index contributed by atoms with van der Waals surface area (Å²) in [6, 6.07) is 0.257. The summed E-state index contributed by atoms with van der Waals surface area (Å²) in [5.41, 5.74) is 5.53. The maximum absolute atomic E-state index is 11.9.